The number of nitrogens with zero attached hydrogens (tertiary/aromatic N) is 2. The Balaban J connectivity index is 1.89. The minimum Gasteiger partial charge on any atom is -0.328 e. The topological polar surface area (TPSA) is 20.3 Å². The van der Waals surface area contributed by atoms with E-state index in [-0.39, 0.29) is 11.8 Å². The maximum absolute atomic E-state index is 13.2. The Morgan fingerprint density at radius 1 is 0.870 bits per heavy atom. The Kier molecular flexibility index (Phi) is 4.49. The number of likely N-dealkylation sites (tertiary alicyclic amines) is 1. The lowest BCUT2D eigenvalue weighted by atomic mass is 9.93. The van der Waals surface area contributed by atoms with E-state index in [0.29, 0.717) is 0 Å². The molecule has 0 bridgehead atoms. The molecule has 120 valence electrons. The summed E-state index contributed by atoms with van der Waals surface area (Å²) in [4.78, 5) is 15.1. The van der Waals surface area contributed by atoms with E-state index >= 15 is 0 Å². The van der Waals surface area contributed by atoms with E-state index in [1.54, 1.807) is 0 Å². The maximum atomic E-state index is 13.2. The third-order valence-electron chi connectivity index (χ3n) is 4.76. The van der Waals surface area contributed by atoms with Crippen LogP contribution in [0, 0.1) is 5.92 Å². The van der Waals surface area contributed by atoms with Crippen LogP contribution in [0.4, 0.5) is 11.4 Å². The van der Waals surface area contributed by atoms with Crippen molar-refractivity contribution in [1.29, 1.82) is 0 Å². The molecule has 23 heavy (non-hydrogen) atoms. The van der Waals surface area contributed by atoms with Crippen LogP contribution in [-0.4, -0.2) is 37.6 Å². The smallest absolute Gasteiger partial charge is 0.235 e. The molecule has 0 radical (unpaired) electrons. The molecule has 3 nitrogen and oxygen atoms in total. The number of piperidine rings is 1. The van der Waals surface area contributed by atoms with Gasteiger partial charge in [-0.1, -0.05) is 36.4 Å². The fourth-order valence-electron chi connectivity index (χ4n) is 3.25. The molecule has 0 unspecified atom stereocenters. The molecule has 1 aliphatic rings. The highest BCUT2D eigenvalue weighted by Crippen LogP contribution is 2.30. The number of benzene rings is 2. The average molecular weight is 309 g/mol. The van der Waals surface area contributed by atoms with Gasteiger partial charge < -0.3 is 4.48 Å². The number of hydrogen-bond acceptors (Lipinski definition) is 1. The lowest BCUT2D eigenvalue weighted by Gasteiger charge is -2.38. The Bertz CT molecular complexity index is 602. The molecule has 0 aromatic heterocycles. The summed E-state index contributed by atoms with van der Waals surface area (Å²) in [7, 11) is 4.49. The summed E-state index contributed by atoms with van der Waals surface area (Å²) in [5.41, 5.74) is 1.89. The summed E-state index contributed by atoms with van der Waals surface area (Å²) in [6.07, 6.45) is 1.92. The summed E-state index contributed by atoms with van der Waals surface area (Å²) in [5, 5.41) is 0. The molecular formula is C20H25N2O+. The van der Waals surface area contributed by atoms with Gasteiger partial charge in [0.05, 0.1) is 27.2 Å². The van der Waals surface area contributed by atoms with Gasteiger partial charge in [0, 0.05) is 30.1 Å². The second-order valence-corrected chi connectivity index (χ2v) is 7.00. The second-order valence-electron chi connectivity index (χ2n) is 7.00. The van der Waals surface area contributed by atoms with Gasteiger partial charge in [0.2, 0.25) is 5.91 Å². The van der Waals surface area contributed by atoms with Crippen molar-refractivity contribution in [2.75, 3.05) is 32.1 Å². The Labute approximate surface area is 138 Å². The van der Waals surface area contributed by atoms with Gasteiger partial charge in [-0.2, -0.15) is 0 Å². The van der Waals surface area contributed by atoms with Crippen LogP contribution in [-0.2, 0) is 4.79 Å². The van der Waals surface area contributed by atoms with E-state index in [9.17, 15) is 4.79 Å². The molecule has 3 heteroatoms. The number of rotatable bonds is 3. The fourth-order valence-corrected chi connectivity index (χ4v) is 3.25. The third-order valence-corrected chi connectivity index (χ3v) is 4.76. The largest absolute Gasteiger partial charge is 0.328 e. The number of carbonyl (C=O) groups excluding carboxylic acids is 1. The predicted molar refractivity (Wildman–Crippen MR) is 94.6 cm³/mol. The van der Waals surface area contributed by atoms with Crippen LogP contribution >= 0.6 is 0 Å². The average Bonchev–Trinajstić information content (AvgIpc) is 2.57. The molecule has 3 rings (SSSR count). The van der Waals surface area contributed by atoms with Gasteiger partial charge in [-0.25, -0.2) is 0 Å². The van der Waals surface area contributed by atoms with Crippen molar-refractivity contribution in [3.63, 3.8) is 0 Å². The molecule has 1 aliphatic heterocycles. The highest BCUT2D eigenvalue weighted by molar-refractivity contribution is 6.01. The molecule has 1 fully saturated rings. The zero-order valence-corrected chi connectivity index (χ0v) is 14.0. The summed E-state index contributed by atoms with van der Waals surface area (Å²) in [5.74, 6) is 0.337. The van der Waals surface area contributed by atoms with Gasteiger partial charge in [0.15, 0.2) is 0 Å². The van der Waals surface area contributed by atoms with E-state index in [1.165, 1.54) is 0 Å². The summed E-state index contributed by atoms with van der Waals surface area (Å²) in [6.45, 7) is 2.13. The van der Waals surface area contributed by atoms with E-state index in [1.807, 2.05) is 65.6 Å². The lowest BCUT2D eigenvalue weighted by Crippen LogP contribution is -2.49. The first kappa shape index (κ1) is 15.8. The van der Waals surface area contributed by atoms with Crippen LogP contribution < -0.4 is 4.90 Å². The van der Waals surface area contributed by atoms with Gasteiger partial charge in [0.25, 0.3) is 0 Å². The summed E-state index contributed by atoms with van der Waals surface area (Å²) < 4.78 is 1.01. The highest BCUT2D eigenvalue weighted by Gasteiger charge is 2.33. The number of quaternary nitrogens is 1. The van der Waals surface area contributed by atoms with Gasteiger partial charge in [0.1, 0.15) is 0 Å². The van der Waals surface area contributed by atoms with Crippen molar-refractivity contribution in [3.05, 3.63) is 60.7 Å². The normalized spacial score (nSPS) is 17.7. The first-order valence-electron chi connectivity index (χ1n) is 8.33. The SMILES string of the molecule is C[N+]1(C)CCC(C(=O)N(c2ccccc2)c2ccccc2)CC1. The molecule has 0 saturated carbocycles. The standard InChI is InChI=1S/C20H25N2O/c1-22(2)15-13-17(14-16-22)20(23)21(18-9-5-3-6-10-18)19-11-7-4-8-12-19/h3-12,17H,13-16H2,1-2H3/q+1. The monoisotopic (exact) mass is 309 g/mol. The van der Waals surface area contributed by atoms with Gasteiger partial charge >= 0.3 is 0 Å². The zero-order chi connectivity index (χ0) is 16.3. The lowest BCUT2D eigenvalue weighted by molar-refractivity contribution is -0.895. The number of amides is 1. The first-order valence-corrected chi connectivity index (χ1v) is 8.33. The van der Waals surface area contributed by atoms with Crippen molar-refractivity contribution in [3.8, 4) is 0 Å². The fraction of sp³-hybridized carbons (Fsp3) is 0.350. The molecule has 0 aliphatic carbocycles. The maximum Gasteiger partial charge on any atom is 0.235 e. The van der Waals surface area contributed by atoms with Gasteiger partial charge in [-0.15, -0.1) is 0 Å². The van der Waals surface area contributed by atoms with Crippen molar-refractivity contribution in [1.82, 2.24) is 0 Å². The third kappa shape index (κ3) is 3.62. The molecule has 2 aromatic rings. The molecule has 0 spiro atoms. The zero-order valence-electron chi connectivity index (χ0n) is 14.0. The van der Waals surface area contributed by atoms with Gasteiger partial charge in [-0.3, -0.25) is 9.69 Å². The predicted octanol–water partition coefficient (Wildman–Crippen LogP) is 3.84. The van der Waals surface area contributed by atoms with Crippen molar-refractivity contribution >= 4 is 17.3 Å². The highest BCUT2D eigenvalue weighted by atomic mass is 16.2. The molecular weight excluding hydrogens is 284 g/mol. The number of carbonyl (C=O) groups is 1. The van der Waals surface area contributed by atoms with Crippen LogP contribution in [0.15, 0.2) is 60.7 Å². The summed E-state index contributed by atoms with van der Waals surface area (Å²) in [6, 6.07) is 19.9. The number of hydrogen-bond donors (Lipinski definition) is 0. The van der Waals surface area contributed by atoms with Crippen LogP contribution in [0.5, 0.6) is 0 Å². The van der Waals surface area contributed by atoms with E-state index in [0.717, 1.165) is 41.8 Å². The van der Waals surface area contributed by atoms with Crippen LogP contribution in [0.3, 0.4) is 0 Å². The minimum absolute atomic E-state index is 0.113. The van der Waals surface area contributed by atoms with Crippen LogP contribution in [0.2, 0.25) is 0 Å². The number of anilines is 2. The Hall–Kier alpha value is -2.13. The molecule has 2 aromatic carbocycles. The van der Waals surface area contributed by atoms with Crippen molar-refractivity contribution < 1.29 is 9.28 Å². The van der Waals surface area contributed by atoms with Crippen molar-refractivity contribution in [2.45, 2.75) is 12.8 Å². The van der Waals surface area contributed by atoms with E-state index in [4.69, 9.17) is 0 Å². The quantitative estimate of drug-likeness (QED) is 0.789. The Morgan fingerprint density at radius 2 is 1.30 bits per heavy atom. The molecule has 0 atom stereocenters. The number of para-hydroxylation sites is 2. The van der Waals surface area contributed by atoms with Crippen molar-refractivity contribution in [2.24, 2.45) is 5.92 Å². The minimum atomic E-state index is 0.113. The van der Waals surface area contributed by atoms with E-state index < -0.39 is 0 Å². The first-order chi connectivity index (χ1) is 11.1. The second kappa shape index (κ2) is 6.55. The Morgan fingerprint density at radius 3 is 1.74 bits per heavy atom. The van der Waals surface area contributed by atoms with Crippen LogP contribution in [0.1, 0.15) is 12.8 Å². The van der Waals surface area contributed by atoms with Gasteiger partial charge in [-0.05, 0) is 24.3 Å². The van der Waals surface area contributed by atoms with Crippen LogP contribution in [0.25, 0.3) is 0 Å². The molecule has 1 amide bonds. The van der Waals surface area contributed by atoms with E-state index in [2.05, 4.69) is 14.1 Å². The molecule has 0 N–H and O–H groups in total. The summed E-state index contributed by atoms with van der Waals surface area (Å²) >= 11 is 0. The molecule has 1 heterocycles. The molecule has 1 saturated heterocycles.